The van der Waals surface area contributed by atoms with Crippen molar-refractivity contribution in [3.63, 3.8) is 0 Å². The summed E-state index contributed by atoms with van der Waals surface area (Å²) in [5.41, 5.74) is 2.60. The molecule has 0 saturated carbocycles. The molecule has 2 rings (SSSR count). The van der Waals surface area contributed by atoms with Crippen molar-refractivity contribution in [1.82, 2.24) is 0 Å². The zero-order valence-electron chi connectivity index (χ0n) is 9.70. The first-order valence-electron chi connectivity index (χ1n) is 5.61. The van der Waals surface area contributed by atoms with Gasteiger partial charge in [-0.2, -0.15) is 0 Å². The average Bonchev–Trinajstić information content (AvgIpc) is 2.33. The van der Waals surface area contributed by atoms with Crippen molar-refractivity contribution in [1.29, 1.82) is 0 Å². The fraction of sp³-hybridized carbons (Fsp3) is 0.538. The molecule has 0 radical (unpaired) electrons. The van der Waals surface area contributed by atoms with Gasteiger partial charge in [0, 0.05) is 11.8 Å². The van der Waals surface area contributed by atoms with Crippen molar-refractivity contribution >= 4 is 11.6 Å². The standard InChI is InChI=1S/C13H17ClO2/c1-9-8-16-13(5-6-14)11-4-3-10(15-2)7-12(9)11/h3-4,7,9,13H,5-6,8H2,1-2H3. The summed E-state index contributed by atoms with van der Waals surface area (Å²) in [6.45, 7) is 2.94. The van der Waals surface area contributed by atoms with Crippen LogP contribution in [0.25, 0.3) is 0 Å². The van der Waals surface area contributed by atoms with E-state index in [1.54, 1.807) is 7.11 Å². The minimum atomic E-state index is 0.148. The lowest BCUT2D eigenvalue weighted by atomic mass is 9.89. The minimum absolute atomic E-state index is 0.148. The molecule has 0 fully saturated rings. The highest BCUT2D eigenvalue weighted by atomic mass is 35.5. The van der Waals surface area contributed by atoms with E-state index < -0.39 is 0 Å². The van der Waals surface area contributed by atoms with Crippen LogP contribution in [-0.4, -0.2) is 19.6 Å². The van der Waals surface area contributed by atoms with Crippen molar-refractivity contribution in [3.8, 4) is 5.75 Å². The summed E-state index contributed by atoms with van der Waals surface area (Å²) in [4.78, 5) is 0. The molecule has 3 heteroatoms. The van der Waals surface area contributed by atoms with E-state index in [0.29, 0.717) is 11.8 Å². The third-order valence-corrected chi connectivity index (χ3v) is 3.31. The van der Waals surface area contributed by atoms with E-state index >= 15 is 0 Å². The summed E-state index contributed by atoms with van der Waals surface area (Å²) in [5.74, 6) is 1.97. The van der Waals surface area contributed by atoms with Crippen molar-refractivity contribution in [2.75, 3.05) is 19.6 Å². The highest BCUT2D eigenvalue weighted by molar-refractivity contribution is 6.17. The Morgan fingerprint density at radius 1 is 1.44 bits per heavy atom. The lowest BCUT2D eigenvalue weighted by Gasteiger charge is -2.30. The number of hydrogen-bond acceptors (Lipinski definition) is 2. The van der Waals surface area contributed by atoms with Gasteiger partial charge in [-0.15, -0.1) is 11.6 Å². The van der Waals surface area contributed by atoms with Crippen molar-refractivity contribution in [3.05, 3.63) is 29.3 Å². The quantitative estimate of drug-likeness (QED) is 0.753. The van der Waals surface area contributed by atoms with Gasteiger partial charge in [0.05, 0.1) is 19.8 Å². The Bertz CT molecular complexity index is 365. The van der Waals surface area contributed by atoms with Gasteiger partial charge >= 0.3 is 0 Å². The van der Waals surface area contributed by atoms with Crippen molar-refractivity contribution in [2.45, 2.75) is 25.4 Å². The molecule has 2 atom stereocenters. The van der Waals surface area contributed by atoms with Crippen LogP contribution in [0, 0.1) is 0 Å². The Balaban J connectivity index is 2.35. The SMILES string of the molecule is COc1ccc2c(c1)C(C)COC2CCCl. The highest BCUT2D eigenvalue weighted by Crippen LogP contribution is 2.37. The first-order valence-corrected chi connectivity index (χ1v) is 6.15. The summed E-state index contributed by atoms with van der Waals surface area (Å²) in [7, 11) is 1.70. The van der Waals surface area contributed by atoms with Gasteiger partial charge in [-0.1, -0.05) is 13.0 Å². The van der Waals surface area contributed by atoms with Gasteiger partial charge in [0.15, 0.2) is 0 Å². The van der Waals surface area contributed by atoms with Crippen LogP contribution < -0.4 is 4.74 Å². The Hall–Kier alpha value is -0.730. The maximum Gasteiger partial charge on any atom is 0.119 e. The summed E-state index contributed by atoms with van der Waals surface area (Å²) >= 11 is 5.79. The number of ether oxygens (including phenoxy) is 2. The largest absolute Gasteiger partial charge is 0.497 e. The summed E-state index contributed by atoms with van der Waals surface area (Å²) < 4.78 is 11.1. The fourth-order valence-corrected chi connectivity index (χ4v) is 2.38. The third kappa shape index (κ3) is 2.18. The first kappa shape index (κ1) is 11.7. The second-order valence-corrected chi connectivity index (χ2v) is 4.57. The molecule has 0 bridgehead atoms. The molecule has 0 spiro atoms. The van der Waals surface area contributed by atoms with Gasteiger partial charge in [-0.3, -0.25) is 0 Å². The van der Waals surface area contributed by atoms with Crippen LogP contribution in [0.5, 0.6) is 5.75 Å². The summed E-state index contributed by atoms with van der Waals surface area (Å²) in [5, 5.41) is 0. The molecule has 16 heavy (non-hydrogen) atoms. The minimum Gasteiger partial charge on any atom is -0.497 e. The van der Waals surface area contributed by atoms with Crippen LogP contribution >= 0.6 is 11.6 Å². The maximum absolute atomic E-state index is 5.81. The smallest absolute Gasteiger partial charge is 0.119 e. The van der Waals surface area contributed by atoms with E-state index in [2.05, 4.69) is 19.1 Å². The molecule has 0 N–H and O–H groups in total. The normalized spacial score (nSPS) is 23.9. The molecule has 1 aliphatic rings. The second kappa shape index (κ2) is 5.07. The predicted molar refractivity (Wildman–Crippen MR) is 65.4 cm³/mol. The lowest BCUT2D eigenvalue weighted by Crippen LogP contribution is -2.19. The number of alkyl halides is 1. The molecule has 2 unspecified atom stereocenters. The van der Waals surface area contributed by atoms with Gasteiger partial charge in [-0.25, -0.2) is 0 Å². The van der Waals surface area contributed by atoms with Crippen LogP contribution in [-0.2, 0) is 4.74 Å². The van der Waals surface area contributed by atoms with Crippen LogP contribution in [0.15, 0.2) is 18.2 Å². The molecular formula is C13H17ClO2. The van der Waals surface area contributed by atoms with E-state index in [1.165, 1.54) is 11.1 Å². The third-order valence-electron chi connectivity index (χ3n) is 3.09. The van der Waals surface area contributed by atoms with Crippen LogP contribution in [0.3, 0.4) is 0 Å². The molecular weight excluding hydrogens is 224 g/mol. The number of hydrogen-bond donors (Lipinski definition) is 0. The molecule has 0 amide bonds. The summed E-state index contributed by atoms with van der Waals surface area (Å²) in [6, 6.07) is 6.20. The van der Waals surface area contributed by atoms with Crippen molar-refractivity contribution < 1.29 is 9.47 Å². The van der Waals surface area contributed by atoms with Gasteiger partial charge in [0.25, 0.3) is 0 Å². The monoisotopic (exact) mass is 240 g/mol. The summed E-state index contributed by atoms with van der Waals surface area (Å²) in [6.07, 6.45) is 1.02. The number of benzene rings is 1. The number of methoxy groups -OCH3 is 1. The molecule has 0 aromatic heterocycles. The Kier molecular flexibility index (Phi) is 3.72. The Labute approximate surface area is 102 Å². The fourth-order valence-electron chi connectivity index (χ4n) is 2.18. The maximum atomic E-state index is 5.81. The molecule has 1 aromatic rings. The second-order valence-electron chi connectivity index (χ2n) is 4.20. The van der Waals surface area contributed by atoms with E-state index in [-0.39, 0.29) is 6.10 Å². The zero-order valence-corrected chi connectivity index (χ0v) is 10.5. The number of fused-ring (bicyclic) bond motifs is 1. The zero-order chi connectivity index (χ0) is 11.5. The van der Waals surface area contributed by atoms with Crippen LogP contribution in [0.1, 0.15) is 36.5 Å². The average molecular weight is 241 g/mol. The van der Waals surface area contributed by atoms with Gasteiger partial charge in [0.1, 0.15) is 5.75 Å². The van der Waals surface area contributed by atoms with E-state index in [0.717, 1.165) is 18.8 Å². The van der Waals surface area contributed by atoms with Crippen molar-refractivity contribution in [2.24, 2.45) is 0 Å². The molecule has 88 valence electrons. The van der Waals surface area contributed by atoms with Crippen LogP contribution in [0.4, 0.5) is 0 Å². The Morgan fingerprint density at radius 3 is 2.94 bits per heavy atom. The van der Waals surface area contributed by atoms with E-state index in [4.69, 9.17) is 21.1 Å². The van der Waals surface area contributed by atoms with Gasteiger partial charge in [0.2, 0.25) is 0 Å². The highest BCUT2D eigenvalue weighted by Gasteiger charge is 2.25. The predicted octanol–water partition coefficient (Wildman–Crippen LogP) is 3.50. The van der Waals surface area contributed by atoms with Gasteiger partial charge < -0.3 is 9.47 Å². The molecule has 0 aliphatic carbocycles. The molecule has 0 saturated heterocycles. The first-order chi connectivity index (χ1) is 7.76. The molecule has 1 aliphatic heterocycles. The molecule has 1 aromatic carbocycles. The van der Waals surface area contributed by atoms with Crippen LogP contribution in [0.2, 0.25) is 0 Å². The van der Waals surface area contributed by atoms with E-state index in [9.17, 15) is 0 Å². The topological polar surface area (TPSA) is 18.5 Å². The lowest BCUT2D eigenvalue weighted by molar-refractivity contribution is 0.0286. The number of rotatable bonds is 3. The Morgan fingerprint density at radius 2 is 2.25 bits per heavy atom. The van der Waals surface area contributed by atoms with Gasteiger partial charge in [-0.05, 0) is 29.7 Å². The number of halogens is 1. The van der Waals surface area contributed by atoms with E-state index in [1.807, 2.05) is 6.07 Å². The molecule has 1 heterocycles. The molecule has 2 nitrogen and oxygen atoms in total.